The van der Waals surface area contributed by atoms with Crippen molar-refractivity contribution in [1.29, 1.82) is 0 Å². The Bertz CT molecular complexity index is 842. The van der Waals surface area contributed by atoms with Crippen molar-refractivity contribution in [2.45, 2.75) is 29.6 Å². The molecule has 0 unspecified atom stereocenters. The Labute approximate surface area is 151 Å². The van der Waals surface area contributed by atoms with Gasteiger partial charge in [0.2, 0.25) is 5.66 Å². The number of rotatable bonds is 4. The molecule has 0 aromatic heterocycles. The number of aliphatic hydroxyl groups is 2. The van der Waals surface area contributed by atoms with E-state index in [1.165, 1.54) is 0 Å². The number of ether oxygens (including phenoxy) is 1. The second-order valence-corrected chi connectivity index (χ2v) is 7.13. The SMILES string of the molecule is NC(=O)OC[C@H]1[C@@H]2N=C(N)N[C@]23N(C[C@@H](OS(=O)(=O)O)C3(O)O)C(N)=[N+]1[O-]. The fourth-order valence-electron chi connectivity index (χ4n) is 3.59. The highest BCUT2D eigenvalue weighted by Crippen LogP contribution is 2.45. The smallest absolute Gasteiger partial charge is 0.404 e. The van der Waals surface area contributed by atoms with Gasteiger partial charge in [0.15, 0.2) is 18.1 Å². The molecule has 3 heterocycles. The second-order valence-electron chi connectivity index (χ2n) is 6.08. The fourth-order valence-corrected chi connectivity index (χ4v) is 4.08. The Hall–Kier alpha value is -2.60. The number of primary amides is 1. The molecule has 3 aliphatic heterocycles. The van der Waals surface area contributed by atoms with E-state index in [0.29, 0.717) is 0 Å². The molecule has 1 fully saturated rings. The van der Waals surface area contributed by atoms with Crippen molar-refractivity contribution in [2.24, 2.45) is 22.2 Å². The van der Waals surface area contributed by atoms with Crippen molar-refractivity contribution in [3.63, 3.8) is 0 Å². The number of aliphatic imine (C=N–C) groups is 1. The van der Waals surface area contributed by atoms with Crippen molar-refractivity contribution >= 4 is 28.4 Å². The molecule has 3 aliphatic rings. The maximum absolute atomic E-state index is 12.5. The van der Waals surface area contributed by atoms with Crippen molar-refractivity contribution in [1.82, 2.24) is 10.2 Å². The largest absolute Gasteiger partial charge is 0.744 e. The van der Waals surface area contributed by atoms with Crippen LogP contribution >= 0.6 is 0 Å². The molecule has 0 radical (unpaired) electrons. The lowest BCUT2D eigenvalue weighted by Gasteiger charge is -2.47. The maximum Gasteiger partial charge on any atom is 0.404 e. The zero-order valence-corrected chi connectivity index (χ0v) is 14.2. The Morgan fingerprint density at radius 3 is 2.67 bits per heavy atom. The normalized spacial score (nSPS) is 34.6. The van der Waals surface area contributed by atoms with Crippen molar-refractivity contribution < 1.29 is 41.6 Å². The van der Waals surface area contributed by atoms with Crippen LogP contribution in [-0.2, 0) is 19.3 Å². The molecule has 17 heteroatoms. The van der Waals surface area contributed by atoms with E-state index in [1.54, 1.807) is 0 Å². The number of hydrogen-bond donors (Lipinski definition) is 7. The van der Waals surface area contributed by atoms with E-state index in [4.69, 9.17) is 21.8 Å². The number of carbonyl (C=O) groups excluding carboxylic acids is 1. The number of hydroxylamine groups is 1. The predicted octanol–water partition coefficient (Wildman–Crippen LogP) is -5.54. The van der Waals surface area contributed by atoms with Gasteiger partial charge in [-0.3, -0.25) is 15.0 Å². The third kappa shape index (κ3) is 2.67. The van der Waals surface area contributed by atoms with Crippen molar-refractivity contribution in [3.8, 4) is 0 Å². The van der Waals surface area contributed by atoms with Crippen LogP contribution < -0.4 is 22.5 Å². The lowest BCUT2D eigenvalue weighted by Crippen LogP contribution is -2.79. The molecule has 1 saturated heterocycles. The summed E-state index contributed by atoms with van der Waals surface area (Å²) in [5.74, 6) is -4.01. The zero-order valence-electron chi connectivity index (χ0n) is 13.4. The van der Waals surface area contributed by atoms with Gasteiger partial charge < -0.3 is 36.9 Å². The summed E-state index contributed by atoms with van der Waals surface area (Å²) in [5, 5.41) is 36.3. The third-order valence-electron chi connectivity index (χ3n) is 4.61. The number of nitrogens with zero attached hydrogens (tertiary/aromatic N) is 3. The quantitative estimate of drug-likeness (QED) is 0.0985. The predicted molar refractivity (Wildman–Crippen MR) is 83.7 cm³/mol. The van der Waals surface area contributed by atoms with Gasteiger partial charge in [-0.25, -0.2) is 18.9 Å². The van der Waals surface area contributed by atoms with E-state index < -0.39 is 65.2 Å². The molecule has 0 bridgehead atoms. The van der Waals surface area contributed by atoms with E-state index in [1.807, 2.05) is 0 Å². The first-order chi connectivity index (χ1) is 12.3. The van der Waals surface area contributed by atoms with Gasteiger partial charge >= 0.3 is 22.5 Å². The third-order valence-corrected chi connectivity index (χ3v) is 5.09. The Kier molecular flexibility index (Phi) is 4.04. The highest BCUT2D eigenvalue weighted by atomic mass is 32.3. The summed E-state index contributed by atoms with van der Waals surface area (Å²) in [4.78, 5) is 15.7. The van der Waals surface area contributed by atoms with Crippen LogP contribution in [0.3, 0.4) is 0 Å². The molecule has 152 valence electrons. The summed E-state index contributed by atoms with van der Waals surface area (Å²) in [6.45, 7) is -1.29. The minimum Gasteiger partial charge on any atom is -0.744 e. The summed E-state index contributed by atoms with van der Waals surface area (Å²) in [7, 11) is -5.10. The summed E-state index contributed by atoms with van der Waals surface area (Å²) in [5.41, 5.74) is 14.1. The molecule has 3 rings (SSSR count). The Morgan fingerprint density at radius 2 is 2.11 bits per heavy atom. The summed E-state index contributed by atoms with van der Waals surface area (Å²) in [6.07, 6.45) is -3.19. The number of guanidine groups is 2. The Morgan fingerprint density at radius 1 is 1.48 bits per heavy atom. The van der Waals surface area contributed by atoms with Crippen LogP contribution in [0.4, 0.5) is 4.79 Å². The van der Waals surface area contributed by atoms with Crippen LogP contribution in [0.1, 0.15) is 0 Å². The maximum atomic E-state index is 12.5. The monoisotopic (exact) mass is 411 g/mol. The van der Waals surface area contributed by atoms with E-state index in [9.17, 15) is 28.6 Å². The number of amides is 1. The van der Waals surface area contributed by atoms with E-state index >= 15 is 0 Å². The van der Waals surface area contributed by atoms with Crippen LogP contribution in [0, 0.1) is 5.21 Å². The average Bonchev–Trinajstić information content (AvgIpc) is 2.96. The molecule has 0 saturated carbocycles. The number of nitrogens with two attached hydrogens (primary N) is 3. The molecule has 1 spiro atoms. The van der Waals surface area contributed by atoms with Gasteiger partial charge in [-0.05, 0) is 0 Å². The first kappa shape index (κ1) is 19.2. The van der Waals surface area contributed by atoms with Crippen molar-refractivity contribution in [3.05, 3.63) is 5.21 Å². The summed E-state index contributed by atoms with van der Waals surface area (Å²) in [6, 6.07) is -2.81. The highest BCUT2D eigenvalue weighted by molar-refractivity contribution is 7.80. The zero-order chi connectivity index (χ0) is 20.4. The van der Waals surface area contributed by atoms with Gasteiger partial charge in [0.1, 0.15) is 19.2 Å². The molecular weight excluding hydrogens is 394 g/mol. The molecule has 10 N–H and O–H groups in total. The van der Waals surface area contributed by atoms with Gasteiger partial charge in [-0.15, -0.1) is 0 Å². The molecule has 16 nitrogen and oxygen atoms in total. The van der Waals surface area contributed by atoms with Gasteiger partial charge in [-0.2, -0.15) is 8.42 Å². The van der Waals surface area contributed by atoms with Gasteiger partial charge in [0.25, 0.3) is 5.79 Å². The summed E-state index contributed by atoms with van der Waals surface area (Å²) < 4.78 is 40.1. The minimum absolute atomic E-state index is 0.182. The van der Waals surface area contributed by atoms with E-state index in [2.05, 4.69) is 19.2 Å². The topological polar surface area (TPSA) is 262 Å². The molecular formula is C10H17N7O9S. The fraction of sp³-hybridized carbons (Fsp3) is 0.700. The molecule has 0 aromatic carbocycles. The first-order valence-electron chi connectivity index (χ1n) is 7.32. The molecule has 27 heavy (non-hydrogen) atoms. The van der Waals surface area contributed by atoms with Crippen LogP contribution in [0.15, 0.2) is 4.99 Å². The standard InChI is InChI=1S/C10H17N7O9S/c11-6-14-5-3(2-25-8(13)18)17(21)7(12)16-1-4(26-27(22,23)24)10(19,20)9(5,16)15-6/h3-5,19-20H,1-2,12H2,(H2,13,18)(H3,11,14,15)(H,22,23,24)/t3-,4+,5-,9-/m0/s1. The molecule has 1 amide bonds. The molecule has 0 aromatic rings. The molecule has 0 aliphatic carbocycles. The van der Waals surface area contributed by atoms with Gasteiger partial charge in [0, 0.05) is 0 Å². The van der Waals surface area contributed by atoms with E-state index in [-0.39, 0.29) is 10.7 Å². The molecule has 4 atom stereocenters. The van der Waals surface area contributed by atoms with E-state index in [0.717, 1.165) is 4.90 Å². The number of carbonyl (C=O) groups is 1. The second kappa shape index (κ2) is 5.70. The summed E-state index contributed by atoms with van der Waals surface area (Å²) >= 11 is 0. The van der Waals surface area contributed by atoms with Gasteiger partial charge in [0.05, 0.1) is 0 Å². The average molecular weight is 411 g/mol. The van der Waals surface area contributed by atoms with Crippen LogP contribution in [0.2, 0.25) is 0 Å². The van der Waals surface area contributed by atoms with Crippen molar-refractivity contribution in [2.75, 3.05) is 13.2 Å². The minimum atomic E-state index is -5.10. The number of hydrogen-bond acceptors (Lipinski definition) is 13. The van der Waals surface area contributed by atoms with Crippen LogP contribution in [-0.4, -0.2) is 93.6 Å². The first-order valence-corrected chi connectivity index (χ1v) is 8.68. The van der Waals surface area contributed by atoms with Crippen LogP contribution in [0.5, 0.6) is 0 Å². The van der Waals surface area contributed by atoms with Gasteiger partial charge in [-0.1, -0.05) is 0 Å². The van der Waals surface area contributed by atoms with Crippen LogP contribution in [0.25, 0.3) is 0 Å². The lowest BCUT2D eigenvalue weighted by molar-refractivity contribution is -0.529. The number of nitrogens with one attached hydrogen (secondary N) is 1. The highest BCUT2D eigenvalue weighted by Gasteiger charge is 2.78. The Balaban J connectivity index is 2.10. The lowest BCUT2D eigenvalue weighted by atomic mass is 9.86.